The van der Waals surface area contributed by atoms with Gasteiger partial charge in [0.15, 0.2) is 0 Å². The lowest BCUT2D eigenvalue weighted by atomic mass is 9.88. The number of benzene rings is 2. The average Bonchev–Trinajstić information content (AvgIpc) is 3.41. The van der Waals surface area contributed by atoms with Gasteiger partial charge in [-0.25, -0.2) is 14.8 Å². The minimum Gasteiger partial charge on any atom is -0.444 e. The Balaban J connectivity index is 1.35. The smallest absolute Gasteiger partial charge is 0.412 e. The first kappa shape index (κ1) is 30.9. The van der Waals surface area contributed by atoms with Crippen molar-refractivity contribution in [3.8, 4) is 11.1 Å². The van der Waals surface area contributed by atoms with E-state index in [1.54, 1.807) is 12.4 Å². The van der Waals surface area contributed by atoms with Crippen LogP contribution < -0.4 is 10.6 Å². The maximum Gasteiger partial charge on any atom is 0.412 e. The second kappa shape index (κ2) is 13.1. The number of aromatic nitrogens is 3. The van der Waals surface area contributed by atoms with Crippen LogP contribution in [0.2, 0.25) is 0 Å². The van der Waals surface area contributed by atoms with Crippen LogP contribution in [0.25, 0.3) is 22.0 Å². The molecule has 0 bridgehead atoms. The molecule has 1 atom stereocenters. The number of hydrogen-bond acceptors (Lipinski definition) is 9. The summed E-state index contributed by atoms with van der Waals surface area (Å²) in [5.41, 5.74) is 7.00. The number of carbonyl (C=O) groups is 1. The van der Waals surface area contributed by atoms with E-state index in [0.717, 1.165) is 67.9 Å². The number of amides is 1. The van der Waals surface area contributed by atoms with Crippen LogP contribution in [0.15, 0.2) is 55.0 Å². The Kier molecular flexibility index (Phi) is 8.98. The van der Waals surface area contributed by atoms with E-state index in [-0.39, 0.29) is 6.10 Å². The number of rotatable bonds is 7. The molecular formula is C35H42N6O4. The third kappa shape index (κ3) is 7.41. The molecule has 10 heteroatoms. The first-order chi connectivity index (χ1) is 21.6. The molecule has 236 valence electrons. The summed E-state index contributed by atoms with van der Waals surface area (Å²) < 4.78 is 11.1. The first-order valence-electron chi connectivity index (χ1n) is 15.7. The molecule has 0 aliphatic carbocycles. The predicted molar refractivity (Wildman–Crippen MR) is 176 cm³/mol. The summed E-state index contributed by atoms with van der Waals surface area (Å²) >= 11 is 0. The molecule has 0 radical (unpaired) electrons. The Morgan fingerprint density at radius 1 is 1.09 bits per heavy atom. The molecule has 2 aliphatic rings. The highest BCUT2D eigenvalue weighted by Gasteiger charge is 2.25. The number of nitrogens with zero attached hydrogens (tertiary/aromatic N) is 4. The van der Waals surface area contributed by atoms with Gasteiger partial charge in [-0.3, -0.25) is 15.2 Å². The van der Waals surface area contributed by atoms with Gasteiger partial charge in [0.25, 0.3) is 0 Å². The lowest BCUT2D eigenvalue weighted by Gasteiger charge is -2.27. The summed E-state index contributed by atoms with van der Waals surface area (Å²) in [7, 11) is 0. The van der Waals surface area contributed by atoms with Gasteiger partial charge in [-0.1, -0.05) is 12.1 Å². The van der Waals surface area contributed by atoms with Crippen molar-refractivity contribution in [1.82, 2.24) is 19.9 Å². The minimum absolute atomic E-state index is 0.267. The van der Waals surface area contributed by atoms with Crippen molar-refractivity contribution < 1.29 is 19.4 Å². The van der Waals surface area contributed by atoms with Gasteiger partial charge in [-0.2, -0.15) is 0 Å². The van der Waals surface area contributed by atoms with Crippen LogP contribution in [0.5, 0.6) is 0 Å². The molecule has 0 spiro atoms. The Hall–Kier alpha value is -4.12. The van der Waals surface area contributed by atoms with Crippen LogP contribution in [-0.4, -0.2) is 69.1 Å². The van der Waals surface area contributed by atoms with Gasteiger partial charge in [0.1, 0.15) is 5.60 Å². The van der Waals surface area contributed by atoms with E-state index in [4.69, 9.17) is 14.5 Å². The lowest BCUT2D eigenvalue weighted by Crippen LogP contribution is -2.27. The van der Waals surface area contributed by atoms with E-state index in [2.05, 4.69) is 43.7 Å². The molecule has 0 unspecified atom stereocenters. The number of anilines is 3. The van der Waals surface area contributed by atoms with Crippen molar-refractivity contribution in [2.75, 3.05) is 36.9 Å². The molecule has 2 saturated heterocycles. The van der Waals surface area contributed by atoms with Gasteiger partial charge in [0.05, 0.1) is 17.3 Å². The topological polar surface area (TPSA) is 122 Å². The van der Waals surface area contributed by atoms with Gasteiger partial charge in [0, 0.05) is 73.6 Å². The van der Waals surface area contributed by atoms with Crippen molar-refractivity contribution in [2.45, 2.75) is 71.1 Å². The Labute approximate surface area is 264 Å². The fourth-order valence-electron chi connectivity index (χ4n) is 6.22. The van der Waals surface area contributed by atoms with Crippen LogP contribution in [0.3, 0.4) is 0 Å². The van der Waals surface area contributed by atoms with Crippen LogP contribution in [-0.2, 0) is 16.0 Å². The van der Waals surface area contributed by atoms with E-state index in [9.17, 15) is 9.90 Å². The number of fused-ring (bicyclic) bond motifs is 1. The van der Waals surface area contributed by atoms with Gasteiger partial charge in [-0.15, -0.1) is 0 Å². The summed E-state index contributed by atoms with van der Waals surface area (Å²) in [5.74, 6) is 0.898. The maximum atomic E-state index is 12.7. The van der Waals surface area contributed by atoms with Crippen molar-refractivity contribution in [2.24, 2.45) is 0 Å². The second-order valence-corrected chi connectivity index (χ2v) is 13.0. The number of ether oxygens (including phenoxy) is 2. The Bertz CT molecular complexity index is 1680. The molecule has 10 nitrogen and oxygen atoms in total. The summed E-state index contributed by atoms with van der Waals surface area (Å²) in [4.78, 5) is 29.0. The number of β-amino-alcohol motifs (C(OH)–C–C–N with tert-alkyl or cyclic N) is 1. The third-order valence-corrected chi connectivity index (χ3v) is 8.42. The summed E-state index contributed by atoms with van der Waals surface area (Å²) in [5, 5.41) is 17.2. The number of aliphatic hydroxyl groups excluding tert-OH is 1. The summed E-state index contributed by atoms with van der Waals surface area (Å²) in [6.07, 6.45) is 7.34. The minimum atomic E-state index is -0.631. The lowest BCUT2D eigenvalue weighted by molar-refractivity contribution is 0.0636. The molecule has 2 aromatic carbocycles. The number of hydrogen-bond donors (Lipinski definition) is 3. The number of aliphatic hydroxyl groups is 1. The Morgan fingerprint density at radius 3 is 2.64 bits per heavy atom. The summed E-state index contributed by atoms with van der Waals surface area (Å²) in [6, 6.07) is 12.3. The fourth-order valence-corrected chi connectivity index (χ4v) is 6.22. The SMILES string of the molecule is Cc1ccncc1-c1ccc(NC(=O)OC(C)(C)C)c2cnc(Nc3ccc(C4CCOCC4)c(CN4CC[C@@H](O)C4)c3)nc12. The molecule has 4 aromatic rings. The highest BCUT2D eigenvalue weighted by molar-refractivity contribution is 6.05. The zero-order chi connectivity index (χ0) is 31.6. The van der Waals surface area contributed by atoms with Crippen LogP contribution in [0.4, 0.5) is 22.1 Å². The van der Waals surface area contributed by atoms with Gasteiger partial charge in [-0.05, 0) is 93.8 Å². The van der Waals surface area contributed by atoms with Crippen molar-refractivity contribution >= 4 is 34.3 Å². The number of nitrogens with one attached hydrogen (secondary N) is 2. The molecule has 2 fully saturated rings. The van der Waals surface area contributed by atoms with Crippen molar-refractivity contribution in [3.63, 3.8) is 0 Å². The van der Waals surface area contributed by atoms with E-state index < -0.39 is 11.7 Å². The predicted octanol–water partition coefficient (Wildman–Crippen LogP) is 6.55. The second-order valence-electron chi connectivity index (χ2n) is 13.0. The molecule has 3 N–H and O–H groups in total. The number of aryl methyl sites for hydroxylation is 1. The first-order valence-corrected chi connectivity index (χ1v) is 15.7. The van der Waals surface area contributed by atoms with Gasteiger partial charge >= 0.3 is 6.09 Å². The van der Waals surface area contributed by atoms with E-state index in [1.807, 2.05) is 52.1 Å². The Morgan fingerprint density at radius 2 is 1.91 bits per heavy atom. The molecule has 1 amide bonds. The van der Waals surface area contributed by atoms with Crippen molar-refractivity contribution in [3.05, 3.63) is 71.7 Å². The standard InChI is InChI=1S/C35H42N6O4/c1-22-9-13-36-18-29(22)28-7-8-31(39-34(43)45-35(2,3)4)30-19-37-33(40-32(28)30)38-25-5-6-27(23-11-15-44-16-12-23)24(17-25)20-41-14-10-26(42)21-41/h5-9,13,17-19,23,26,42H,10-12,14-16,20-21H2,1-4H3,(H,39,43)(H,37,38,40)/t26-/m1/s1. The number of carbonyl (C=O) groups excluding carboxylic acids is 1. The van der Waals surface area contributed by atoms with Gasteiger partial charge < -0.3 is 19.9 Å². The van der Waals surface area contributed by atoms with E-state index in [1.165, 1.54) is 11.1 Å². The molecule has 4 heterocycles. The molecule has 2 aliphatic heterocycles. The van der Waals surface area contributed by atoms with Crippen LogP contribution in [0, 0.1) is 6.92 Å². The van der Waals surface area contributed by atoms with Gasteiger partial charge in [0.2, 0.25) is 5.95 Å². The highest BCUT2D eigenvalue weighted by Crippen LogP contribution is 2.36. The molecule has 45 heavy (non-hydrogen) atoms. The monoisotopic (exact) mass is 610 g/mol. The van der Waals surface area contributed by atoms with Crippen LogP contribution in [0.1, 0.15) is 62.6 Å². The van der Waals surface area contributed by atoms with E-state index in [0.29, 0.717) is 35.0 Å². The maximum absolute atomic E-state index is 12.7. The quantitative estimate of drug-likeness (QED) is 0.214. The fraction of sp³-hybridized carbons (Fsp3) is 0.429. The largest absolute Gasteiger partial charge is 0.444 e. The average molecular weight is 611 g/mol. The third-order valence-electron chi connectivity index (χ3n) is 8.42. The zero-order valence-electron chi connectivity index (χ0n) is 26.5. The normalized spacial score (nSPS) is 17.8. The molecule has 0 saturated carbocycles. The molecular weight excluding hydrogens is 568 g/mol. The zero-order valence-corrected chi connectivity index (χ0v) is 26.5. The molecule has 6 rings (SSSR count). The van der Waals surface area contributed by atoms with Crippen molar-refractivity contribution in [1.29, 1.82) is 0 Å². The highest BCUT2D eigenvalue weighted by atomic mass is 16.6. The van der Waals surface area contributed by atoms with E-state index >= 15 is 0 Å². The number of pyridine rings is 1. The van der Waals surface area contributed by atoms with Crippen LogP contribution >= 0.6 is 0 Å². The number of likely N-dealkylation sites (tertiary alicyclic amines) is 1. The summed E-state index contributed by atoms with van der Waals surface area (Å²) in [6.45, 7) is 11.4. The molecule has 2 aromatic heterocycles.